The number of pyridine rings is 1. The molecule has 10 rings (SSSR count). The quantitative estimate of drug-likeness (QED) is 0.0496. The van der Waals surface area contributed by atoms with Crippen LogP contribution in [-0.2, 0) is 26.8 Å². The van der Waals surface area contributed by atoms with E-state index in [1.165, 1.54) is 32.5 Å². The molecular weight excluding hydrogens is 875 g/mol. The van der Waals surface area contributed by atoms with E-state index in [1.807, 2.05) is 43.1 Å². The number of nitrogens with zero attached hydrogens (tertiary/aromatic N) is 4. The van der Waals surface area contributed by atoms with Crippen molar-refractivity contribution in [2.24, 2.45) is 11.3 Å². The summed E-state index contributed by atoms with van der Waals surface area (Å²) in [5.74, 6) is 0.435. The maximum Gasteiger partial charge on any atom is 0.426 e. The van der Waals surface area contributed by atoms with Crippen molar-refractivity contribution in [3.05, 3.63) is 95.3 Å². The van der Waals surface area contributed by atoms with Gasteiger partial charge in [0, 0.05) is 101 Å². The van der Waals surface area contributed by atoms with E-state index < -0.39 is 51.6 Å². The zero-order valence-corrected chi connectivity index (χ0v) is 40.1. The number of anilines is 1. The number of rotatable bonds is 10. The van der Waals surface area contributed by atoms with Gasteiger partial charge in [-0.1, -0.05) is 61.1 Å². The van der Waals surface area contributed by atoms with Crippen LogP contribution in [0.25, 0.3) is 10.9 Å². The minimum absolute atomic E-state index is 0.0751. The number of hydrogen-bond acceptors (Lipinski definition) is 13. The van der Waals surface area contributed by atoms with Gasteiger partial charge in [-0.05, 0) is 104 Å². The fraction of sp³-hybridized carbons (Fsp3) is 0.540. The molecule has 2 aromatic carbocycles. The van der Waals surface area contributed by atoms with Crippen LogP contribution in [0.1, 0.15) is 75.3 Å². The predicted octanol–water partition coefficient (Wildman–Crippen LogP) is 5.69. The molecule has 4 unspecified atom stereocenters. The molecule has 10 atom stereocenters. The molecule has 1 saturated carbocycles. The van der Waals surface area contributed by atoms with Gasteiger partial charge >= 0.3 is 6.09 Å². The number of aromatic nitrogens is 2. The number of hydrogen-bond donors (Lipinski definition) is 6. The molecule has 16 heteroatoms. The van der Waals surface area contributed by atoms with E-state index in [0.717, 1.165) is 59.0 Å². The number of nitrogens with one attached hydrogen (secondary N) is 3. The van der Waals surface area contributed by atoms with Gasteiger partial charge in [0.1, 0.15) is 23.5 Å². The fourth-order valence-electron chi connectivity index (χ4n) is 13.8. The van der Waals surface area contributed by atoms with Crippen LogP contribution in [0.5, 0.6) is 5.75 Å². The number of aliphatic hydroxyl groups excluding tert-OH is 1. The molecule has 1 aliphatic carbocycles. The van der Waals surface area contributed by atoms with Gasteiger partial charge in [0.05, 0.1) is 18.8 Å². The van der Waals surface area contributed by atoms with Crippen LogP contribution in [0.2, 0.25) is 0 Å². The molecule has 2 bridgehead atoms. The van der Waals surface area contributed by atoms with Crippen molar-refractivity contribution < 1.29 is 34.4 Å². The molecule has 2 saturated heterocycles. The first-order valence-electron chi connectivity index (χ1n) is 23.5. The third kappa shape index (κ3) is 6.90. The lowest BCUT2D eigenvalue weighted by Gasteiger charge is -2.63. The third-order valence-corrected chi connectivity index (χ3v) is 18.7. The highest BCUT2D eigenvalue weighted by atomic mass is 33.1. The van der Waals surface area contributed by atoms with Crippen molar-refractivity contribution >= 4 is 50.2 Å². The number of fused-ring (bicyclic) bond motifs is 6. The number of hydrazine groups is 1. The Bertz CT molecular complexity index is 2550. The van der Waals surface area contributed by atoms with Crippen LogP contribution in [-0.4, -0.2) is 136 Å². The first-order valence-corrected chi connectivity index (χ1v) is 25.8. The number of methoxy groups -OCH3 is 1. The first-order chi connectivity index (χ1) is 31.8. The number of para-hydroxylation sites is 1. The molecule has 4 aromatic rings. The molecule has 6 N–H and O–H groups in total. The highest BCUT2D eigenvalue weighted by molar-refractivity contribution is 8.76. The molecule has 2 aromatic heterocycles. The molecule has 2 amide bonds. The lowest BCUT2D eigenvalue weighted by molar-refractivity contribution is -0.204. The van der Waals surface area contributed by atoms with E-state index in [4.69, 9.17) is 9.47 Å². The Morgan fingerprint density at radius 3 is 2.61 bits per heavy atom. The molecule has 352 valence electrons. The average molecular weight is 938 g/mol. The number of piperidine rings is 1. The van der Waals surface area contributed by atoms with Gasteiger partial charge in [-0.2, -0.15) is 0 Å². The molecule has 1 spiro atoms. The summed E-state index contributed by atoms with van der Waals surface area (Å²) >= 11 is 0. The second-order valence-corrected chi connectivity index (χ2v) is 22.3. The van der Waals surface area contributed by atoms with Gasteiger partial charge in [-0.3, -0.25) is 20.0 Å². The molecule has 6 aliphatic rings. The van der Waals surface area contributed by atoms with Crippen molar-refractivity contribution in [3.63, 3.8) is 0 Å². The summed E-state index contributed by atoms with van der Waals surface area (Å²) in [6.07, 6.45) is 7.41. The lowest BCUT2D eigenvalue weighted by Crippen LogP contribution is -2.82. The SMILES string of the molecule is CCC1(O)CC2CN(CCc3c([nH]c4ccccc34)[C@@](C)(c3cc4c(cc3OC)N(C)[C@@H]3C45CCN4CC=C[C@](CC)([C@H]45)[C@@H](O)[C@]3(O)C(=O)NNC(=O)OCCSSc3ccccn3)C2)C1. The Balaban J connectivity index is 1.05. The zero-order valence-electron chi connectivity index (χ0n) is 38.5. The largest absolute Gasteiger partial charge is 0.496 e. The summed E-state index contributed by atoms with van der Waals surface area (Å²) in [7, 11) is 6.56. The molecular formula is C50H63N7O7S2. The number of ether oxygens (including phenoxy) is 2. The van der Waals surface area contributed by atoms with Crippen LogP contribution in [0.3, 0.4) is 0 Å². The Morgan fingerprint density at radius 2 is 1.83 bits per heavy atom. The fourth-order valence-corrected chi connectivity index (χ4v) is 15.5. The highest BCUT2D eigenvalue weighted by Crippen LogP contribution is 2.67. The topological polar surface area (TPSA) is 176 Å². The number of benzene rings is 2. The van der Waals surface area contributed by atoms with E-state index in [-0.39, 0.29) is 18.6 Å². The van der Waals surface area contributed by atoms with E-state index in [9.17, 15) is 24.9 Å². The molecule has 3 fully saturated rings. The number of amides is 2. The van der Waals surface area contributed by atoms with Gasteiger partial charge in [0.2, 0.25) is 0 Å². The Kier molecular flexibility index (Phi) is 11.7. The van der Waals surface area contributed by atoms with E-state index in [0.29, 0.717) is 56.8 Å². The number of H-pyrrole nitrogens is 1. The summed E-state index contributed by atoms with van der Waals surface area (Å²) < 4.78 is 11.9. The number of aliphatic hydroxyl groups is 3. The molecule has 0 radical (unpaired) electrons. The lowest BCUT2D eigenvalue weighted by atomic mass is 9.47. The van der Waals surface area contributed by atoms with Gasteiger partial charge in [0.15, 0.2) is 5.60 Å². The zero-order chi connectivity index (χ0) is 46.2. The molecule has 5 aliphatic heterocycles. The van der Waals surface area contributed by atoms with Crippen LogP contribution in [0, 0.1) is 11.3 Å². The van der Waals surface area contributed by atoms with Gasteiger partial charge < -0.3 is 34.7 Å². The number of aromatic amines is 1. The predicted molar refractivity (Wildman–Crippen MR) is 258 cm³/mol. The Hall–Kier alpha value is -4.29. The Labute approximate surface area is 394 Å². The average Bonchev–Trinajstić information content (AvgIpc) is 3.99. The van der Waals surface area contributed by atoms with E-state index in [1.54, 1.807) is 13.3 Å². The first kappa shape index (κ1) is 45.5. The minimum atomic E-state index is -2.41. The third-order valence-electron chi connectivity index (χ3n) is 16.5. The van der Waals surface area contributed by atoms with Crippen molar-refractivity contribution in [1.29, 1.82) is 0 Å². The van der Waals surface area contributed by atoms with Crippen LogP contribution in [0.15, 0.2) is 78.0 Å². The van der Waals surface area contributed by atoms with Gasteiger partial charge in [-0.15, -0.1) is 0 Å². The van der Waals surface area contributed by atoms with Crippen molar-refractivity contribution in [2.75, 3.05) is 64.1 Å². The maximum absolute atomic E-state index is 14.9. The summed E-state index contributed by atoms with van der Waals surface area (Å²) in [5, 5.41) is 40.2. The second-order valence-electron chi connectivity index (χ2n) is 19.8. The Morgan fingerprint density at radius 1 is 1.02 bits per heavy atom. The maximum atomic E-state index is 14.9. The standard InChI is InChI=1S/C50H63N7O7S2/c1-6-47(61)28-31-27-46(3,40-33(16-21-56(29-31)30-47)32-13-8-9-14-36(32)52-40)35-25-34-37(26-38(35)63-5)55(4)42-49(34)18-22-57-20-12-17-48(7-2,41(49)57)43(58)50(42,62)44(59)53-54-45(60)64-23-24-65-66-39-15-10-11-19-51-39/h8-15,17,19,25-26,31,41-43,52,58,61-62H,6-7,16,18,20-24,27-30H2,1-5H3,(H,53,59)(H,54,60)/t31?,41-,42+,43+,46+,47?,48+,49?,50-/m0/s1. The summed E-state index contributed by atoms with van der Waals surface area (Å²) in [6, 6.07) is 17.4. The van der Waals surface area contributed by atoms with Crippen LogP contribution >= 0.6 is 21.6 Å². The number of likely N-dealkylation sites (N-methyl/N-ethyl adjacent to an activating group) is 1. The van der Waals surface area contributed by atoms with E-state index in [2.05, 4.69) is 86.9 Å². The monoisotopic (exact) mass is 937 g/mol. The van der Waals surface area contributed by atoms with Crippen molar-refractivity contribution in [2.45, 2.75) is 105 Å². The summed E-state index contributed by atoms with van der Waals surface area (Å²) in [4.78, 5) is 43.0. The smallest absolute Gasteiger partial charge is 0.426 e. The normalized spacial score (nSPS) is 34.3. The minimum Gasteiger partial charge on any atom is -0.496 e. The number of carbonyl (C=O) groups excluding carboxylic acids is 2. The van der Waals surface area contributed by atoms with Crippen LogP contribution in [0.4, 0.5) is 10.5 Å². The summed E-state index contributed by atoms with van der Waals surface area (Å²) in [5.41, 5.74) is 5.52. The van der Waals surface area contributed by atoms with E-state index >= 15 is 0 Å². The van der Waals surface area contributed by atoms with Crippen LogP contribution < -0.4 is 20.5 Å². The van der Waals surface area contributed by atoms with Gasteiger partial charge in [-0.25, -0.2) is 15.2 Å². The number of carbonyl (C=O) groups is 2. The van der Waals surface area contributed by atoms with Gasteiger partial charge in [0.25, 0.3) is 5.91 Å². The highest BCUT2D eigenvalue weighted by Gasteiger charge is 2.78. The van der Waals surface area contributed by atoms with Crippen molar-refractivity contribution in [1.82, 2.24) is 30.6 Å². The molecule has 66 heavy (non-hydrogen) atoms. The second kappa shape index (κ2) is 17.0. The molecule has 7 heterocycles. The summed E-state index contributed by atoms with van der Waals surface area (Å²) in [6.45, 7) is 10.3. The molecule has 14 nitrogen and oxygen atoms in total. The van der Waals surface area contributed by atoms with Crippen molar-refractivity contribution in [3.8, 4) is 5.75 Å².